The van der Waals surface area contributed by atoms with Crippen LogP contribution in [0.2, 0.25) is 0 Å². The molecule has 5 heteroatoms. The molecule has 2 aliphatic heterocycles. The fourth-order valence-corrected chi connectivity index (χ4v) is 2.94. The number of amides is 2. The van der Waals surface area contributed by atoms with Crippen molar-refractivity contribution >= 4 is 11.8 Å². The lowest BCUT2D eigenvalue weighted by molar-refractivity contribution is -0.0623. The van der Waals surface area contributed by atoms with Crippen LogP contribution in [0.4, 0.5) is 0 Å². The molecule has 5 nitrogen and oxygen atoms in total. The molecule has 1 saturated heterocycles. The fraction of sp³-hybridized carbons (Fsp3) is 0.222. The number of carbonyl (C=O) groups is 2. The summed E-state index contributed by atoms with van der Waals surface area (Å²) in [5.74, 6) is -0.533. The van der Waals surface area contributed by atoms with Crippen LogP contribution in [-0.2, 0) is 9.47 Å². The molecule has 1 fully saturated rings. The molecule has 0 radical (unpaired) electrons. The highest BCUT2D eigenvalue weighted by Crippen LogP contribution is 2.29. The van der Waals surface area contributed by atoms with Crippen LogP contribution in [-0.4, -0.2) is 36.0 Å². The summed E-state index contributed by atoms with van der Waals surface area (Å²) in [6.45, 7) is 0.558. The zero-order chi connectivity index (χ0) is 15.8. The van der Waals surface area contributed by atoms with Gasteiger partial charge in [-0.1, -0.05) is 42.5 Å². The molecule has 0 bridgehead atoms. The number of hydrogen-bond acceptors (Lipinski definition) is 4. The average molecular weight is 309 g/mol. The monoisotopic (exact) mass is 309 g/mol. The van der Waals surface area contributed by atoms with Crippen molar-refractivity contribution in [3.8, 4) is 0 Å². The third-order valence-electron chi connectivity index (χ3n) is 4.09. The van der Waals surface area contributed by atoms with E-state index in [4.69, 9.17) is 9.47 Å². The smallest absolute Gasteiger partial charge is 0.261 e. The number of fused-ring (bicyclic) bond motifs is 1. The van der Waals surface area contributed by atoms with Crippen molar-refractivity contribution in [2.45, 2.75) is 12.4 Å². The molecular weight excluding hydrogens is 294 g/mol. The first-order valence-electron chi connectivity index (χ1n) is 7.51. The molecule has 2 atom stereocenters. The molecule has 0 spiro atoms. The Kier molecular flexibility index (Phi) is 3.44. The zero-order valence-corrected chi connectivity index (χ0v) is 12.3. The van der Waals surface area contributed by atoms with E-state index in [1.807, 2.05) is 30.3 Å². The number of carbonyl (C=O) groups excluding carboxylic acids is 2. The average Bonchev–Trinajstić information content (AvgIpc) is 3.16. The topological polar surface area (TPSA) is 55.8 Å². The van der Waals surface area contributed by atoms with Crippen LogP contribution in [0.15, 0.2) is 54.6 Å². The second-order valence-electron chi connectivity index (χ2n) is 5.60. The summed E-state index contributed by atoms with van der Waals surface area (Å²) in [4.78, 5) is 26.0. The SMILES string of the molecule is O=C1c2ccccc2C(=O)N1CC1COC(c2ccccc2)O1. The predicted octanol–water partition coefficient (Wildman–Crippen LogP) is 2.40. The zero-order valence-electron chi connectivity index (χ0n) is 12.3. The Morgan fingerprint density at radius 3 is 2.17 bits per heavy atom. The second-order valence-corrected chi connectivity index (χ2v) is 5.60. The van der Waals surface area contributed by atoms with E-state index in [2.05, 4.69) is 0 Å². The number of imide groups is 1. The Hall–Kier alpha value is -2.50. The van der Waals surface area contributed by atoms with E-state index >= 15 is 0 Å². The molecule has 4 rings (SSSR count). The molecule has 2 aliphatic rings. The van der Waals surface area contributed by atoms with Gasteiger partial charge in [-0.15, -0.1) is 0 Å². The third-order valence-corrected chi connectivity index (χ3v) is 4.09. The molecule has 23 heavy (non-hydrogen) atoms. The summed E-state index contributed by atoms with van der Waals surface area (Å²) >= 11 is 0. The molecule has 2 heterocycles. The molecule has 0 aliphatic carbocycles. The molecule has 0 N–H and O–H groups in total. The summed E-state index contributed by atoms with van der Waals surface area (Å²) in [5, 5.41) is 0. The minimum atomic E-state index is -0.448. The number of rotatable bonds is 3. The predicted molar refractivity (Wildman–Crippen MR) is 81.8 cm³/mol. The van der Waals surface area contributed by atoms with E-state index < -0.39 is 6.29 Å². The lowest BCUT2D eigenvalue weighted by Crippen LogP contribution is -2.37. The molecule has 0 aromatic heterocycles. The summed E-state index contributed by atoms with van der Waals surface area (Å²) in [6.07, 6.45) is -0.765. The maximum atomic E-state index is 12.4. The second kappa shape index (κ2) is 5.61. The van der Waals surface area contributed by atoms with Crippen molar-refractivity contribution in [1.29, 1.82) is 0 Å². The van der Waals surface area contributed by atoms with Crippen LogP contribution in [0.5, 0.6) is 0 Å². The van der Waals surface area contributed by atoms with Crippen LogP contribution < -0.4 is 0 Å². The van der Waals surface area contributed by atoms with Crippen molar-refractivity contribution in [2.24, 2.45) is 0 Å². The number of hydrogen-bond donors (Lipinski definition) is 0. The number of nitrogens with zero attached hydrogens (tertiary/aromatic N) is 1. The van der Waals surface area contributed by atoms with E-state index in [9.17, 15) is 9.59 Å². The minimum absolute atomic E-state index is 0.204. The summed E-state index contributed by atoms with van der Waals surface area (Å²) < 4.78 is 11.5. The highest BCUT2D eigenvalue weighted by Gasteiger charge is 2.38. The van der Waals surface area contributed by atoms with Crippen molar-refractivity contribution in [3.63, 3.8) is 0 Å². The highest BCUT2D eigenvalue weighted by molar-refractivity contribution is 6.21. The van der Waals surface area contributed by atoms with Gasteiger partial charge in [-0.3, -0.25) is 14.5 Å². The fourth-order valence-electron chi connectivity index (χ4n) is 2.94. The maximum Gasteiger partial charge on any atom is 0.261 e. The van der Waals surface area contributed by atoms with Gasteiger partial charge in [0.25, 0.3) is 11.8 Å². The first kappa shape index (κ1) is 14.1. The van der Waals surface area contributed by atoms with Crippen LogP contribution in [0, 0.1) is 0 Å². The van der Waals surface area contributed by atoms with E-state index in [0.29, 0.717) is 17.7 Å². The van der Waals surface area contributed by atoms with Gasteiger partial charge in [-0.2, -0.15) is 0 Å². The van der Waals surface area contributed by atoms with E-state index in [1.165, 1.54) is 4.90 Å². The molecular formula is C18H15NO4. The summed E-state index contributed by atoms with van der Waals surface area (Å²) in [6, 6.07) is 16.5. The molecule has 2 aromatic rings. The Labute approximate surface area is 133 Å². The number of benzene rings is 2. The largest absolute Gasteiger partial charge is 0.346 e. The van der Waals surface area contributed by atoms with E-state index in [0.717, 1.165) is 5.56 Å². The lowest BCUT2D eigenvalue weighted by Gasteiger charge is -2.18. The van der Waals surface area contributed by atoms with Gasteiger partial charge in [-0.25, -0.2) is 0 Å². The lowest BCUT2D eigenvalue weighted by atomic mass is 10.1. The van der Waals surface area contributed by atoms with Crippen molar-refractivity contribution in [2.75, 3.05) is 13.2 Å². The van der Waals surface area contributed by atoms with Crippen LogP contribution >= 0.6 is 0 Å². The first-order chi connectivity index (χ1) is 11.2. The van der Waals surface area contributed by atoms with Crippen molar-refractivity contribution < 1.29 is 19.1 Å². The van der Waals surface area contributed by atoms with E-state index in [1.54, 1.807) is 24.3 Å². The molecule has 2 unspecified atom stereocenters. The first-order valence-corrected chi connectivity index (χ1v) is 7.51. The third kappa shape index (κ3) is 2.44. The Morgan fingerprint density at radius 2 is 1.52 bits per heavy atom. The van der Waals surface area contributed by atoms with Gasteiger partial charge in [-0.05, 0) is 12.1 Å². The van der Waals surface area contributed by atoms with Crippen LogP contribution in [0.3, 0.4) is 0 Å². The van der Waals surface area contributed by atoms with Gasteiger partial charge >= 0.3 is 0 Å². The standard InChI is InChI=1S/C18H15NO4/c20-16-14-8-4-5-9-15(14)17(21)19(16)10-13-11-22-18(23-13)12-6-2-1-3-7-12/h1-9,13,18H,10-11H2. The van der Waals surface area contributed by atoms with Crippen molar-refractivity contribution in [3.05, 3.63) is 71.3 Å². The van der Waals surface area contributed by atoms with Crippen molar-refractivity contribution in [1.82, 2.24) is 4.90 Å². The number of ether oxygens (including phenoxy) is 2. The normalized spacial score (nSPS) is 23.4. The minimum Gasteiger partial charge on any atom is -0.346 e. The van der Waals surface area contributed by atoms with Gasteiger partial charge in [0.1, 0.15) is 6.10 Å². The maximum absolute atomic E-state index is 12.4. The quantitative estimate of drug-likeness (QED) is 0.817. The summed E-state index contributed by atoms with van der Waals surface area (Å²) in [7, 11) is 0. The van der Waals surface area contributed by atoms with Gasteiger partial charge in [0, 0.05) is 5.56 Å². The molecule has 2 aromatic carbocycles. The van der Waals surface area contributed by atoms with Gasteiger partial charge < -0.3 is 9.47 Å². The Morgan fingerprint density at radius 1 is 0.913 bits per heavy atom. The molecule has 0 saturated carbocycles. The van der Waals surface area contributed by atoms with Gasteiger partial charge in [0.15, 0.2) is 6.29 Å². The van der Waals surface area contributed by atoms with E-state index in [-0.39, 0.29) is 24.5 Å². The van der Waals surface area contributed by atoms with Gasteiger partial charge in [0.05, 0.1) is 24.3 Å². The van der Waals surface area contributed by atoms with Gasteiger partial charge in [0.2, 0.25) is 0 Å². The highest BCUT2D eigenvalue weighted by atomic mass is 16.7. The van der Waals surface area contributed by atoms with Crippen LogP contribution in [0.25, 0.3) is 0 Å². The Balaban J connectivity index is 1.46. The summed E-state index contributed by atoms with van der Waals surface area (Å²) in [5.41, 5.74) is 1.84. The van der Waals surface area contributed by atoms with Crippen LogP contribution in [0.1, 0.15) is 32.6 Å². The molecule has 2 amide bonds. The Bertz CT molecular complexity index is 724. The molecule has 116 valence electrons.